The van der Waals surface area contributed by atoms with E-state index in [-0.39, 0.29) is 29.5 Å². The number of rotatable bonds is 5. The number of anilines is 1. The van der Waals surface area contributed by atoms with Crippen molar-refractivity contribution >= 4 is 23.2 Å². The maximum absolute atomic E-state index is 12.1. The van der Waals surface area contributed by atoms with Crippen LogP contribution in [0.4, 0.5) is 11.4 Å². The molecule has 1 aliphatic rings. The molecule has 2 amide bonds. The van der Waals surface area contributed by atoms with Crippen LogP contribution in [0.15, 0.2) is 18.2 Å². The number of nitro groups is 1. The number of carbonyl (C=O) groups is 2. The summed E-state index contributed by atoms with van der Waals surface area (Å²) in [5.41, 5.74) is 4.99. The first kappa shape index (κ1) is 18.7. The molecule has 25 heavy (non-hydrogen) atoms. The number of hydrogen-bond donors (Lipinski definition) is 2. The van der Waals surface area contributed by atoms with E-state index in [1.54, 1.807) is 6.07 Å². The van der Waals surface area contributed by atoms with Crippen molar-refractivity contribution in [2.24, 2.45) is 5.92 Å². The second kappa shape index (κ2) is 8.43. The van der Waals surface area contributed by atoms with Gasteiger partial charge in [-0.25, -0.2) is 0 Å². The molecule has 1 aliphatic heterocycles. The number of benzene rings is 1. The Hall–Kier alpha value is -2.68. The second-order valence-corrected chi connectivity index (χ2v) is 6.16. The van der Waals surface area contributed by atoms with Crippen molar-refractivity contribution in [3.05, 3.63) is 33.9 Å². The molecule has 136 valence electrons. The van der Waals surface area contributed by atoms with E-state index in [0.29, 0.717) is 32.0 Å². The number of amides is 2. The van der Waals surface area contributed by atoms with Crippen LogP contribution in [0, 0.1) is 16.0 Å². The van der Waals surface area contributed by atoms with Gasteiger partial charge in [-0.05, 0) is 18.1 Å². The van der Waals surface area contributed by atoms with Crippen LogP contribution >= 0.6 is 0 Å². The lowest BCUT2D eigenvalue weighted by atomic mass is 10.1. The van der Waals surface area contributed by atoms with Gasteiger partial charge >= 0.3 is 0 Å². The van der Waals surface area contributed by atoms with E-state index >= 15 is 0 Å². The monoisotopic (exact) mass is 350 g/mol. The lowest BCUT2D eigenvalue weighted by Crippen LogP contribution is -2.42. The van der Waals surface area contributed by atoms with Gasteiger partial charge in [0.05, 0.1) is 18.1 Å². The highest BCUT2D eigenvalue weighted by molar-refractivity contribution is 5.96. The average Bonchev–Trinajstić information content (AvgIpc) is 2.59. The van der Waals surface area contributed by atoms with Crippen molar-refractivity contribution in [3.63, 3.8) is 0 Å². The minimum atomic E-state index is -0.603. The van der Waals surface area contributed by atoms with Crippen molar-refractivity contribution in [1.82, 2.24) is 10.9 Å². The summed E-state index contributed by atoms with van der Waals surface area (Å²) in [5, 5.41) is 11.4. The Morgan fingerprint density at radius 2 is 1.96 bits per heavy atom. The van der Waals surface area contributed by atoms with Gasteiger partial charge in [-0.2, -0.15) is 0 Å². The average molecular weight is 350 g/mol. The molecule has 0 aromatic heterocycles. The molecular formula is C16H22N4O5. The molecule has 1 fully saturated rings. The lowest BCUT2D eigenvalue weighted by Gasteiger charge is -2.28. The normalized spacial score (nSPS) is 14.3. The van der Waals surface area contributed by atoms with Gasteiger partial charge in [0.25, 0.3) is 11.6 Å². The Balaban J connectivity index is 2.11. The molecule has 2 rings (SSSR count). The first-order valence-electron chi connectivity index (χ1n) is 8.08. The Bertz CT molecular complexity index is 656. The molecule has 1 heterocycles. The van der Waals surface area contributed by atoms with Crippen LogP contribution in [-0.2, 0) is 9.53 Å². The third-order valence-electron chi connectivity index (χ3n) is 3.70. The molecule has 9 heteroatoms. The number of nitrogens with zero attached hydrogens (tertiary/aromatic N) is 2. The number of hydrogen-bond acceptors (Lipinski definition) is 6. The maximum Gasteiger partial charge on any atom is 0.293 e. The highest BCUT2D eigenvalue weighted by Gasteiger charge is 2.23. The van der Waals surface area contributed by atoms with Gasteiger partial charge in [0, 0.05) is 31.1 Å². The van der Waals surface area contributed by atoms with Gasteiger partial charge in [-0.15, -0.1) is 0 Å². The van der Waals surface area contributed by atoms with E-state index in [2.05, 4.69) is 10.9 Å². The van der Waals surface area contributed by atoms with E-state index in [1.807, 2.05) is 18.7 Å². The summed E-state index contributed by atoms with van der Waals surface area (Å²) in [5.74, 6) is -0.762. The summed E-state index contributed by atoms with van der Waals surface area (Å²) in [6.45, 7) is 5.88. The fraction of sp³-hybridized carbons (Fsp3) is 0.500. The SMILES string of the molecule is CC(C)CC(=O)NNC(=O)c1ccc(N2CCOCC2)c([N+](=O)[O-])c1. The predicted molar refractivity (Wildman–Crippen MR) is 91.2 cm³/mol. The summed E-state index contributed by atoms with van der Waals surface area (Å²) in [6.07, 6.45) is 0.274. The Morgan fingerprint density at radius 1 is 1.28 bits per heavy atom. The van der Waals surface area contributed by atoms with Gasteiger partial charge in [0.2, 0.25) is 5.91 Å². The minimum Gasteiger partial charge on any atom is -0.378 e. The van der Waals surface area contributed by atoms with Gasteiger partial charge in [-0.3, -0.25) is 30.6 Å². The predicted octanol–water partition coefficient (Wildman–Crippen LogP) is 1.24. The molecule has 0 atom stereocenters. The molecule has 1 saturated heterocycles. The first-order chi connectivity index (χ1) is 11.9. The number of nitrogens with one attached hydrogen (secondary N) is 2. The van der Waals surface area contributed by atoms with Crippen LogP contribution < -0.4 is 15.8 Å². The van der Waals surface area contributed by atoms with Crippen LogP contribution in [0.1, 0.15) is 30.6 Å². The quantitative estimate of drug-likeness (QED) is 0.610. The smallest absolute Gasteiger partial charge is 0.293 e. The molecule has 0 unspecified atom stereocenters. The van der Waals surface area contributed by atoms with Gasteiger partial charge in [0.1, 0.15) is 5.69 Å². The molecule has 0 spiro atoms. The zero-order valence-corrected chi connectivity index (χ0v) is 14.3. The van der Waals surface area contributed by atoms with Crippen LogP contribution in [-0.4, -0.2) is 43.0 Å². The summed E-state index contributed by atoms with van der Waals surface area (Å²) < 4.78 is 5.25. The van der Waals surface area contributed by atoms with E-state index < -0.39 is 10.8 Å². The molecule has 0 bridgehead atoms. The van der Waals surface area contributed by atoms with Crippen molar-refractivity contribution < 1.29 is 19.2 Å². The molecule has 1 aromatic rings. The van der Waals surface area contributed by atoms with Crippen molar-refractivity contribution in [1.29, 1.82) is 0 Å². The fourth-order valence-corrected chi connectivity index (χ4v) is 2.50. The van der Waals surface area contributed by atoms with Crippen molar-refractivity contribution in [2.75, 3.05) is 31.2 Å². The highest BCUT2D eigenvalue weighted by atomic mass is 16.6. The van der Waals surface area contributed by atoms with Gasteiger partial charge in [0.15, 0.2) is 0 Å². The van der Waals surface area contributed by atoms with Crippen molar-refractivity contribution in [2.45, 2.75) is 20.3 Å². The Labute approximate surface area is 145 Å². The molecule has 0 radical (unpaired) electrons. The molecule has 2 N–H and O–H groups in total. The fourth-order valence-electron chi connectivity index (χ4n) is 2.50. The van der Waals surface area contributed by atoms with Crippen LogP contribution in [0.5, 0.6) is 0 Å². The van der Waals surface area contributed by atoms with E-state index in [0.717, 1.165) is 0 Å². The number of hydrazine groups is 1. The Morgan fingerprint density at radius 3 is 2.56 bits per heavy atom. The molecule has 1 aromatic carbocycles. The van der Waals surface area contributed by atoms with Gasteiger partial charge < -0.3 is 9.64 Å². The summed E-state index contributed by atoms with van der Waals surface area (Å²) in [7, 11) is 0. The molecule has 0 aliphatic carbocycles. The zero-order valence-electron chi connectivity index (χ0n) is 14.3. The summed E-state index contributed by atoms with van der Waals surface area (Å²) in [4.78, 5) is 36.4. The van der Waals surface area contributed by atoms with Crippen LogP contribution in [0.25, 0.3) is 0 Å². The molecule has 0 saturated carbocycles. The third-order valence-corrected chi connectivity index (χ3v) is 3.70. The number of nitro benzene ring substituents is 1. The van der Waals surface area contributed by atoms with E-state index in [4.69, 9.17) is 4.74 Å². The van der Waals surface area contributed by atoms with E-state index in [1.165, 1.54) is 12.1 Å². The third kappa shape index (κ3) is 5.15. The highest BCUT2D eigenvalue weighted by Crippen LogP contribution is 2.29. The number of morpholine rings is 1. The molecule has 9 nitrogen and oxygen atoms in total. The number of ether oxygens (including phenoxy) is 1. The standard InChI is InChI=1S/C16H22N4O5/c1-11(2)9-15(21)17-18-16(22)12-3-4-13(14(10-12)20(23)24)19-5-7-25-8-6-19/h3-4,10-11H,5-9H2,1-2H3,(H,17,21)(H,18,22). The maximum atomic E-state index is 12.1. The Kier molecular flexibility index (Phi) is 6.29. The van der Waals surface area contributed by atoms with Crippen molar-refractivity contribution in [3.8, 4) is 0 Å². The summed E-state index contributed by atoms with van der Waals surface area (Å²) in [6, 6.07) is 4.27. The first-order valence-corrected chi connectivity index (χ1v) is 8.08. The second-order valence-electron chi connectivity index (χ2n) is 6.16. The van der Waals surface area contributed by atoms with E-state index in [9.17, 15) is 19.7 Å². The summed E-state index contributed by atoms with van der Waals surface area (Å²) >= 11 is 0. The van der Waals surface area contributed by atoms with Crippen LogP contribution in [0.3, 0.4) is 0 Å². The largest absolute Gasteiger partial charge is 0.378 e. The minimum absolute atomic E-state index is 0.105. The van der Waals surface area contributed by atoms with Gasteiger partial charge in [-0.1, -0.05) is 13.8 Å². The van der Waals surface area contributed by atoms with Crippen LogP contribution in [0.2, 0.25) is 0 Å². The lowest BCUT2D eigenvalue weighted by molar-refractivity contribution is -0.384. The number of carbonyl (C=O) groups excluding carboxylic acids is 2. The topological polar surface area (TPSA) is 114 Å². The zero-order chi connectivity index (χ0) is 18.4. The molecular weight excluding hydrogens is 328 g/mol.